The molecule has 0 aromatic heterocycles. The Morgan fingerprint density at radius 1 is 1.50 bits per heavy atom. The van der Waals surface area contributed by atoms with E-state index < -0.39 is 14.9 Å². The van der Waals surface area contributed by atoms with Gasteiger partial charge in [-0.25, -0.2) is 0 Å². The summed E-state index contributed by atoms with van der Waals surface area (Å²) in [6, 6.07) is 0. The molecule has 12 heavy (non-hydrogen) atoms. The zero-order valence-corrected chi connectivity index (χ0v) is 11.0. The van der Waals surface area contributed by atoms with Crippen molar-refractivity contribution in [1.29, 1.82) is 0 Å². The minimum atomic E-state index is -3.88. The third kappa shape index (κ3) is 3.69. The average molecular weight is 210 g/mol. The second kappa shape index (κ2) is 3.89. The van der Waals surface area contributed by atoms with Gasteiger partial charge in [-0.2, -0.15) is 8.42 Å². The Labute approximate surface area is 77.7 Å². The van der Waals surface area contributed by atoms with E-state index in [1.807, 2.05) is 0 Å². The van der Waals surface area contributed by atoms with E-state index in [2.05, 4.69) is 6.92 Å². The largest absolute Gasteiger partial charge is 0.285 e. The fraction of sp³-hybridized carbons (Fsp3) is 1.00. The van der Waals surface area contributed by atoms with Crippen molar-refractivity contribution in [3.63, 3.8) is 0 Å². The lowest BCUT2D eigenvalue weighted by molar-refractivity contribution is 0.426. The molecule has 0 fully saturated rings. The van der Waals surface area contributed by atoms with E-state index in [1.54, 1.807) is 13.8 Å². The van der Waals surface area contributed by atoms with Gasteiger partial charge in [-0.1, -0.05) is 18.9 Å². The quantitative estimate of drug-likeness (QED) is 0.546. The van der Waals surface area contributed by atoms with Crippen molar-refractivity contribution in [2.75, 3.05) is 0 Å². The lowest BCUT2D eigenvalue weighted by atomic mass is 10.1. The van der Waals surface area contributed by atoms with Gasteiger partial charge in [0.05, 0.1) is 4.75 Å². The first kappa shape index (κ1) is 12.1. The van der Waals surface area contributed by atoms with Gasteiger partial charge in [-0.3, -0.25) is 4.55 Å². The molecule has 0 aliphatic heterocycles. The Bertz CT molecular complexity index is 231. The van der Waals surface area contributed by atoms with Crippen molar-refractivity contribution in [3.05, 3.63) is 0 Å². The van der Waals surface area contributed by atoms with Gasteiger partial charge in [0.2, 0.25) is 0 Å². The summed E-state index contributed by atoms with van der Waals surface area (Å²) in [5, 5.41) is 0. The van der Waals surface area contributed by atoms with E-state index in [4.69, 9.17) is 4.55 Å². The van der Waals surface area contributed by atoms with E-state index in [0.717, 1.165) is 16.7 Å². The summed E-state index contributed by atoms with van der Waals surface area (Å²) in [6.07, 6.45) is 1.41. The molecule has 0 radical (unpaired) electrons. The van der Waals surface area contributed by atoms with Gasteiger partial charge in [0, 0.05) is 10.2 Å². The summed E-state index contributed by atoms with van der Waals surface area (Å²) >= 11 is 0. The van der Waals surface area contributed by atoms with Crippen LogP contribution in [-0.4, -0.2) is 28.0 Å². The Kier molecular flexibility index (Phi) is 3.93. The van der Waals surface area contributed by atoms with Crippen molar-refractivity contribution in [2.24, 2.45) is 0 Å². The zero-order chi connectivity index (χ0) is 9.99. The van der Waals surface area contributed by atoms with Crippen molar-refractivity contribution in [1.82, 2.24) is 0 Å². The number of rotatable bonds is 4. The molecule has 0 spiro atoms. The first-order valence-electron chi connectivity index (χ1n) is 4.14. The molecule has 0 aliphatic carbocycles. The molecular weight excluding hydrogens is 192 g/mol. The van der Waals surface area contributed by atoms with Crippen LogP contribution in [0, 0.1) is 0 Å². The summed E-state index contributed by atoms with van der Waals surface area (Å²) in [5.41, 5.74) is 0.603. The number of hydrogen-bond donors (Lipinski definition) is 1. The van der Waals surface area contributed by atoms with E-state index in [-0.39, 0.29) is 0 Å². The summed E-state index contributed by atoms with van der Waals surface area (Å²) in [4.78, 5) is 0. The van der Waals surface area contributed by atoms with E-state index in [0.29, 0.717) is 12.0 Å². The molecule has 1 N–H and O–H groups in total. The molecule has 0 bridgehead atoms. The molecule has 1 unspecified atom stereocenters. The Morgan fingerprint density at radius 3 is 2.17 bits per heavy atom. The maximum Gasteiger partial charge on any atom is 0.270 e. The van der Waals surface area contributed by atoms with Gasteiger partial charge in [-0.05, 0) is 20.3 Å². The van der Waals surface area contributed by atoms with Crippen molar-refractivity contribution in [3.8, 4) is 0 Å². The molecule has 0 aliphatic rings. The lowest BCUT2D eigenvalue weighted by Crippen LogP contribution is -2.31. The van der Waals surface area contributed by atoms with E-state index in [1.165, 1.54) is 0 Å². The molecule has 0 saturated heterocycles. The highest BCUT2D eigenvalue weighted by molar-refractivity contribution is 7.87. The average Bonchev–Trinajstić information content (AvgIpc) is 1.81. The fourth-order valence-electron chi connectivity index (χ4n) is 0.765. The summed E-state index contributed by atoms with van der Waals surface area (Å²) in [5.74, 6) is 0. The fourth-order valence-corrected chi connectivity index (χ4v) is 1.43. The predicted octanol–water partition coefficient (Wildman–Crippen LogP) is 0.607. The number of hydrogen-bond acceptors (Lipinski definition) is 2. The van der Waals surface area contributed by atoms with Crippen LogP contribution in [0.5, 0.6) is 0 Å². The smallest absolute Gasteiger partial charge is 0.270 e. The van der Waals surface area contributed by atoms with Crippen LogP contribution >= 0.6 is 0 Å². The summed E-state index contributed by atoms with van der Waals surface area (Å²) < 4.78 is 29.5. The standard InChI is InChI=1S/C7H18O3SSi/c1-6(12)4-5-7(2,3)11(8,9)10/h6H,4-5H2,1-3,12H3,(H,8,9,10). The Hall–Kier alpha value is 0.127. The van der Waals surface area contributed by atoms with Crippen molar-refractivity contribution in [2.45, 2.75) is 43.9 Å². The molecule has 0 saturated carbocycles. The highest BCUT2D eigenvalue weighted by atomic mass is 32.2. The van der Waals surface area contributed by atoms with Crippen LogP contribution in [0.15, 0.2) is 0 Å². The molecule has 0 rings (SSSR count). The summed E-state index contributed by atoms with van der Waals surface area (Å²) in [6.45, 7) is 5.21. The molecule has 74 valence electrons. The highest BCUT2D eigenvalue weighted by Crippen LogP contribution is 2.24. The molecule has 0 heterocycles. The predicted molar refractivity (Wildman–Crippen MR) is 54.2 cm³/mol. The van der Waals surface area contributed by atoms with Crippen LogP contribution in [0.25, 0.3) is 0 Å². The monoisotopic (exact) mass is 210 g/mol. The second-order valence-electron chi connectivity index (χ2n) is 4.17. The molecule has 5 heteroatoms. The van der Waals surface area contributed by atoms with Gasteiger partial charge in [0.25, 0.3) is 10.1 Å². The molecule has 0 aromatic carbocycles. The molecule has 0 aromatic rings. The van der Waals surface area contributed by atoms with Gasteiger partial charge < -0.3 is 0 Å². The van der Waals surface area contributed by atoms with Crippen LogP contribution in [-0.2, 0) is 10.1 Å². The third-order valence-corrected chi connectivity index (χ3v) is 4.20. The summed E-state index contributed by atoms with van der Waals surface area (Å²) in [7, 11) is -2.81. The Morgan fingerprint density at radius 2 is 1.92 bits per heavy atom. The van der Waals surface area contributed by atoms with Crippen molar-refractivity contribution < 1.29 is 13.0 Å². The van der Waals surface area contributed by atoms with Crippen molar-refractivity contribution >= 4 is 20.4 Å². The van der Waals surface area contributed by atoms with Crippen LogP contribution in [0.4, 0.5) is 0 Å². The highest BCUT2D eigenvalue weighted by Gasteiger charge is 2.31. The Balaban J connectivity index is 4.25. The van der Waals surface area contributed by atoms with Crippen LogP contribution < -0.4 is 0 Å². The third-order valence-electron chi connectivity index (χ3n) is 2.02. The SMILES string of the molecule is CC([SiH3])CCC(C)(C)S(=O)(=O)O. The maximum atomic E-state index is 10.8. The minimum Gasteiger partial charge on any atom is -0.285 e. The van der Waals surface area contributed by atoms with E-state index in [9.17, 15) is 8.42 Å². The maximum absolute atomic E-state index is 10.8. The molecule has 3 nitrogen and oxygen atoms in total. The van der Waals surface area contributed by atoms with Gasteiger partial charge in [0.15, 0.2) is 0 Å². The normalized spacial score (nSPS) is 16.3. The second-order valence-corrected chi connectivity index (χ2v) is 8.19. The van der Waals surface area contributed by atoms with Gasteiger partial charge >= 0.3 is 0 Å². The molecule has 0 amide bonds. The van der Waals surface area contributed by atoms with Gasteiger partial charge in [-0.15, -0.1) is 0 Å². The molecular formula is C7H18O3SSi. The zero-order valence-electron chi connectivity index (χ0n) is 8.16. The topological polar surface area (TPSA) is 54.4 Å². The van der Waals surface area contributed by atoms with Crippen LogP contribution in [0.3, 0.4) is 0 Å². The molecule has 1 atom stereocenters. The van der Waals surface area contributed by atoms with Gasteiger partial charge in [0.1, 0.15) is 0 Å². The first-order valence-corrected chi connectivity index (χ1v) is 6.73. The lowest BCUT2D eigenvalue weighted by Gasteiger charge is -2.21. The minimum absolute atomic E-state index is 0.538. The van der Waals surface area contributed by atoms with Crippen LogP contribution in [0.2, 0.25) is 5.54 Å². The van der Waals surface area contributed by atoms with Crippen LogP contribution in [0.1, 0.15) is 33.6 Å². The van der Waals surface area contributed by atoms with E-state index >= 15 is 0 Å². The first-order chi connectivity index (χ1) is 5.17.